The number of halogens is 3. The van der Waals surface area contributed by atoms with Gasteiger partial charge in [-0.15, -0.1) is 0 Å². The Morgan fingerprint density at radius 3 is 2.61 bits per heavy atom. The molecule has 0 aliphatic rings. The van der Waals surface area contributed by atoms with Crippen LogP contribution in [-0.2, 0) is 17.8 Å². The van der Waals surface area contributed by atoms with Gasteiger partial charge in [-0.2, -0.15) is 18.4 Å². The van der Waals surface area contributed by atoms with Crippen molar-refractivity contribution in [3.63, 3.8) is 0 Å². The molecule has 126 valence electrons. The number of hydrogen-bond donors (Lipinski definition) is 1. The third-order valence-corrected chi connectivity index (χ3v) is 2.67. The van der Waals surface area contributed by atoms with Gasteiger partial charge in [0.05, 0.1) is 0 Å². The van der Waals surface area contributed by atoms with E-state index in [2.05, 4.69) is 4.74 Å². The van der Waals surface area contributed by atoms with Crippen LogP contribution in [0.2, 0.25) is 0 Å². The lowest BCUT2D eigenvalue weighted by molar-refractivity contribution is -0.160. The Labute approximate surface area is 127 Å². The van der Waals surface area contributed by atoms with Crippen LogP contribution >= 0.6 is 0 Å². The topological polar surface area (TPSA) is 106 Å². The van der Waals surface area contributed by atoms with Crippen molar-refractivity contribution < 1.29 is 22.7 Å². The van der Waals surface area contributed by atoms with Crippen molar-refractivity contribution in [1.82, 2.24) is 14.5 Å². The minimum absolute atomic E-state index is 0.217. The molecule has 0 unspecified atom stereocenters. The molecule has 8 nitrogen and oxygen atoms in total. The number of carbonyl (C=O) groups is 1. The van der Waals surface area contributed by atoms with Crippen molar-refractivity contribution in [3.8, 4) is 6.07 Å². The molecule has 1 aromatic rings. The van der Waals surface area contributed by atoms with E-state index in [4.69, 9.17) is 5.26 Å². The molecular formula is C12H13F3N4O4. The summed E-state index contributed by atoms with van der Waals surface area (Å²) in [7, 11) is 0. The van der Waals surface area contributed by atoms with Crippen LogP contribution in [0, 0.1) is 11.3 Å². The zero-order chi connectivity index (χ0) is 17.6. The molecule has 0 aromatic carbocycles. The normalized spacial score (nSPS) is 10.9. The Bertz CT molecular complexity index is 730. The van der Waals surface area contributed by atoms with Crippen molar-refractivity contribution in [3.05, 3.63) is 32.6 Å². The predicted octanol–water partition coefficient (Wildman–Crippen LogP) is 0.190. The Morgan fingerprint density at radius 2 is 2.09 bits per heavy atom. The van der Waals surface area contributed by atoms with E-state index in [-0.39, 0.29) is 25.2 Å². The molecule has 1 heterocycles. The highest BCUT2D eigenvalue weighted by Gasteiger charge is 2.29. The van der Waals surface area contributed by atoms with Gasteiger partial charge in [0.25, 0.3) is 5.56 Å². The van der Waals surface area contributed by atoms with Gasteiger partial charge in [-0.25, -0.2) is 9.59 Å². The minimum Gasteiger partial charge on any atom is -0.440 e. The third kappa shape index (κ3) is 5.17. The van der Waals surface area contributed by atoms with E-state index in [0.717, 1.165) is 10.8 Å². The van der Waals surface area contributed by atoms with Gasteiger partial charge >= 0.3 is 18.0 Å². The second kappa shape index (κ2) is 7.48. The minimum atomic E-state index is -4.65. The van der Waals surface area contributed by atoms with Crippen LogP contribution in [-0.4, -0.2) is 34.6 Å². The summed E-state index contributed by atoms with van der Waals surface area (Å²) in [6, 6.07) is 1.64. The number of nitriles is 1. The van der Waals surface area contributed by atoms with Crippen molar-refractivity contribution in [2.45, 2.75) is 26.2 Å². The van der Waals surface area contributed by atoms with Crippen LogP contribution in [0.1, 0.15) is 12.5 Å². The van der Waals surface area contributed by atoms with Gasteiger partial charge in [0.15, 0.2) is 6.61 Å². The molecular weight excluding hydrogens is 321 g/mol. The summed E-state index contributed by atoms with van der Waals surface area (Å²) in [5.74, 6) is 0. The molecule has 0 spiro atoms. The Hall–Kier alpha value is -2.77. The Morgan fingerprint density at radius 1 is 1.43 bits per heavy atom. The average molecular weight is 334 g/mol. The lowest BCUT2D eigenvalue weighted by Crippen LogP contribution is -2.43. The van der Waals surface area contributed by atoms with E-state index in [1.165, 1.54) is 0 Å². The predicted molar refractivity (Wildman–Crippen MR) is 70.8 cm³/mol. The highest BCUT2D eigenvalue weighted by Crippen LogP contribution is 2.14. The van der Waals surface area contributed by atoms with Gasteiger partial charge in [0, 0.05) is 25.8 Å². The van der Waals surface area contributed by atoms with Crippen LogP contribution in [0.15, 0.2) is 15.8 Å². The highest BCUT2D eigenvalue weighted by molar-refractivity contribution is 5.67. The number of nitrogens with one attached hydrogen (secondary N) is 1. The zero-order valence-electron chi connectivity index (χ0n) is 12.0. The summed E-state index contributed by atoms with van der Waals surface area (Å²) in [5.41, 5.74) is -1.79. The molecule has 1 amide bonds. The summed E-state index contributed by atoms with van der Waals surface area (Å²) >= 11 is 0. The molecule has 0 aliphatic heterocycles. The fourth-order valence-electron chi connectivity index (χ4n) is 1.62. The summed E-state index contributed by atoms with van der Waals surface area (Å²) in [4.78, 5) is 34.8. The second-order valence-electron chi connectivity index (χ2n) is 4.30. The number of rotatable bonds is 5. The number of amides is 1. The van der Waals surface area contributed by atoms with Crippen molar-refractivity contribution in [2.24, 2.45) is 0 Å². The highest BCUT2D eigenvalue weighted by atomic mass is 19.4. The molecule has 0 saturated heterocycles. The van der Waals surface area contributed by atoms with Gasteiger partial charge in [-0.05, 0) is 6.92 Å². The average Bonchev–Trinajstić information content (AvgIpc) is 2.48. The van der Waals surface area contributed by atoms with E-state index in [9.17, 15) is 27.6 Å². The molecule has 23 heavy (non-hydrogen) atoms. The first-order valence-electron chi connectivity index (χ1n) is 6.41. The van der Waals surface area contributed by atoms with Crippen LogP contribution in [0.3, 0.4) is 0 Å². The Kier molecular flexibility index (Phi) is 5.94. The molecule has 11 heteroatoms. The van der Waals surface area contributed by atoms with E-state index in [1.807, 2.05) is 5.32 Å². The lowest BCUT2D eigenvalue weighted by atomic mass is 10.3. The van der Waals surface area contributed by atoms with Gasteiger partial charge < -0.3 is 10.1 Å². The van der Waals surface area contributed by atoms with Crippen LogP contribution in [0.25, 0.3) is 0 Å². The van der Waals surface area contributed by atoms with Crippen molar-refractivity contribution >= 4 is 6.09 Å². The fraction of sp³-hybridized carbons (Fsp3) is 0.500. The van der Waals surface area contributed by atoms with Crippen LogP contribution in [0.4, 0.5) is 18.0 Å². The number of ether oxygens (including phenoxy) is 1. The van der Waals surface area contributed by atoms with Crippen LogP contribution in [0.5, 0.6) is 0 Å². The molecule has 0 saturated carbocycles. The monoisotopic (exact) mass is 334 g/mol. The van der Waals surface area contributed by atoms with Gasteiger partial charge in [-0.1, -0.05) is 0 Å². The van der Waals surface area contributed by atoms with Crippen molar-refractivity contribution in [2.75, 3.05) is 13.2 Å². The number of hydrogen-bond acceptors (Lipinski definition) is 5. The standard InChI is InChI=1S/C12H13F3N4O4/c1-2-18-6-8(5-16)9(20)19(11(18)22)4-3-17-10(21)23-7-12(13,14)15/h6H,2-4,7H2,1H3,(H,17,21). The Balaban J connectivity index is 2.76. The molecule has 0 fully saturated rings. The smallest absolute Gasteiger partial charge is 0.422 e. The van der Waals surface area contributed by atoms with E-state index in [1.54, 1.807) is 13.0 Å². The SMILES string of the molecule is CCn1cc(C#N)c(=O)n(CCNC(=O)OCC(F)(F)F)c1=O. The second-order valence-corrected chi connectivity index (χ2v) is 4.30. The molecule has 1 aromatic heterocycles. The molecule has 0 bridgehead atoms. The first-order valence-corrected chi connectivity index (χ1v) is 6.41. The van der Waals surface area contributed by atoms with Gasteiger partial charge in [0.2, 0.25) is 0 Å². The summed E-state index contributed by atoms with van der Waals surface area (Å²) in [5, 5.41) is 10.8. The maximum absolute atomic E-state index is 11.9. The summed E-state index contributed by atoms with van der Waals surface area (Å²) in [6.07, 6.45) is -4.86. The van der Waals surface area contributed by atoms with Gasteiger partial charge in [0.1, 0.15) is 11.6 Å². The first-order chi connectivity index (χ1) is 10.7. The van der Waals surface area contributed by atoms with Crippen LogP contribution < -0.4 is 16.6 Å². The third-order valence-electron chi connectivity index (χ3n) is 2.67. The van der Waals surface area contributed by atoms with E-state index >= 15 is 0 Å². The molecule has 0 aliphatic carbocycles. The molecule has 1 rings (SSSR count). The summed E-state index contributed by atoms with van der Waals surface area (Å²) < 4.78 is 41.3. The number of aromatic nitrogens is 2. The van der Waals surface area contributed by atoms with E-state index in [0.29, 0.717) is 4.57 Å². The fourth-order valence-corrected chi connectivity index (χ4v) is 1.62. The molecule has 0 atom stereocenters. The van der Waals surface area contributed by atoms with Gasteiger partial charge in [-0.3, -0.25) is 13.9 Å². The molecule has 0 radical (unpaired) electrons. The molecule has 1 N–H and O–H groups in total. The van der Waals surface area contributed by atoms with Crippen molar-refractivity contribution in [1.29, 1.82) is 5.26 Å². The number of carbonyl (C=O) groups excluding carboxylic acids is 1. The van der Waals surface area contributed by atoms with E-state index < -0.39 is 30.1 Å². The quantitative estimate of drug-likeness (QED) is 0.827. The number of nitrogens with zero attached hydrogens (tertiary/aromatic N) is 3. The summed E-state index contributed by atoms with van der Waals surface area (Å²) in [6.45, 7) is -0.525. The zero-order valence-corrected chi connectivity index (χ0v) is 12.0. The first kappa shape index (κ1) is 18.3. The maximum atomic E-state index is 11.9. The number of aryl methyl sites for hydroxylation is 1. The number of alkyl halides is 3. The maximum Gasteiger partial charge on any atom is 0.422 e. The largest absolute Gasteiger partial charge is 0.440 e. The number of alkyl carbamates (subject to hydrolysis) is 1. The lowest BCUT2D eigenvalue weighted by Gasteiger charge is -2.11.